The van der Waals surface area contributed by atoms with Crippen molar-refractivity contribution in [2.45, 2.75) is 13.3 Å². The van der Waals surface area contributed by atoms with E-state index in [1.54, 1.807) is 0 Å². The third kappa shape index (κ3) is 1.79. The van der Waals surface area contributed by atoms with Crippen LogP contribution in [0.2, 0.25) is 5.02 Å². The van der Waals surface area contributed by atoms with Crippen LogP contribution in [-0.4, -0.2) is 4.98 Å². The number of aryl methyl sites for hydroxylation is 1. The maximum atomic E-state index is 6.13. The first kappa shape index (κ1) is 11.4. The molecule has 0 saturated carbocycles. The van der Waals surface area contributed by atoms with Crippen LogP contribution in [-0.2, 0) is 6.42 Å². The molecule has 0 unspecified atom stereocenters. The quantitative estimate of drug-likeness (QED) is 0.608. The van der Waals surface area contributed by atoms with Gasteiger partial charge in [0.25, 0.3) is 0 Å². The van der Waals surface area contributed by atoms with Gasteiger partial charge in [-0.25, -0.2) is 0 Å². The molecule has 16 heavy (non-hydrogen) atoms. The SMILES string of the molecule is C=CCc1c(C)[nH]c2c(Cl)cccc2c1=S. The largest absolute Gasteiger partial charge is 0.357 e. The van der Waals surface area contributed by atoms with Crippen LogP contribution in [0.4, 0.5) is 0 Å². The second kappa shape index (κ2) is 4.40. The second-order valence-electron chi connectivity index (χ2n) is 3.71. The van der Waals surface area contributed by atoms with Gasteiger partial charge >= 0.3 is 0 Å². The van der Waals surface area contributed by atoms with Gasteiger partial charge in [0.2, 0.25) is 0 Å². The number of allylic oxidation sites excluding steroid dienone is 1. The number of fused-ring (bicyclic) bond motifs is 1. The molecule has 0 bridgehead atoms. The molecule has 1 aromatic heterocycles. The van der Waals surface area contributed by atoms with Crippen molar-refractivity contribution in [1.29, 1.82) is 0 Å². The number of halogens is 1. The van der Waals surface area contributed by atoms with E-state index in [4.69, 9.17) is 23.8 Å². The van der Waals surface area contributed by atoms with E-state index in [2.05, 4.69) is 11.6 Å². The lowest BCUT2D eigenvalue weighted by Crippen LogP contribution is -1.95. The number of nitrogens with one attached hydrogen (secondary N) is 1. The van der Waals surface area contributed by atoms with Crippen molar-refractivity contribution in [3.8, 4) is 0 Å². The maximum absolute atomic E-state index is 6.13. The van der Waals surface area contributed by atoms with Crippen molar-refractivity contribution in [3.63, 3.8) is 0 Å². The number of benzene rings is 1. The van der Waals surface area contributed by atoms with Crippen molar-refractivity contribution in [2.75, 3.05) is 0 Å². The van der Waals surface area contributed by atoms with Crippen molar-refractivity contribution >= 4 is 34.7 Å². The summed E-state index contributed by atoms with van der Waals surface area (Å²) in [6.45, 7) is 5.76. The molecule has 3 heteroatoms. The lowest BCUT2D eigenvalue weighted by atomic mass is 10.1. The van der Waals surface area contributed by atoms with Gasteiger partial charge in [-0.2, -0.15) is 0 Å². The van der Waals surface area contributed by atoms with Gasteiger partial charge < -0.3 is 4.98 Å². The molecule has 0 atom stereocenters. The lowest BCUT2D eigenvalue weighted by Gasteiger charge is -2.08. The third-order valence-corrected chi connectivity index (χ3v) is 3.43. The van der Waals surface area contributed by atoms with Gasteiger partial charge in [0, 0.05) is 11.1 Å². The molecular formula is C13H12ClNS. The predicted octanol–water partition coefficient (Wildman–Crippen LogP) is 4.59. The summed E-state index contributed by atoms with van der Waals surface area (Å²) in [7, 11) is 0. The molecule has 1 heterocycles. The van der Waals surface area contributed by atoms with E-state index >= 15 is 0 Å². The Balaban J connectivity index is 2.89. The summed E-state index contributed by atoms with van der Waals surface area (Å²) in [5.41, 5.74) is 3.10. The highest BCUT2D eigenvalue weighted by atomic mass is 35.5. The predicted molar refractivity (Wildman–Crippen MR) is 72.8 cm³/mol. The first-order chi connectivity index (χ1) is 7.65. The fourth-order valence-electron chi connectivity index (χ4n) is 1.83. The molecule has 1 nitrogen and oxygen atoms in total. The number of aromatic nitrogens is 1. The number of hydrogen-bond donors (Lipinski definition) is 1. The Hall–Kier alpha value is -1.12. The first-order valence-electron chi connectivity index (χ1n) is 5.06. The average Bonchev–Trinajstić information content (AvgIpc) is 2.26. The number of rotatable bonds is 2. The Kier molecular flexibility index (Phi) is 3.13. The summed E-state index contributed by atoms with van der Waals surface area (Å²) >= 11 is 11.6. The van der Waals surface area contributed by atoms with Crippen LogP contribution in [0.1, 0.15) is 11.3 Å². The number of aromatic amines is 1. The third-order valence-electron chi connectivity index (χ3n) is 2.65. The van der Waals surface area contributed by atoms with Gasteiger partial charge in [0.05, 0.1) is 15.0 Å². The summed E-state index contributed by atoms with van der Waals surface area (Å²) in [6, 6.07) is 5.77. The average molecular weight is 250 g/mol. The minimum absolute atomic E-state index is 0.705. The number of para-hydroxylation sites is 1. The molecule has 0 saturated heterocycles. The highest BCUT2D eigenvalue weighted by Crippen LogP contribution is 2.25. The van der Waals surface area contributed by atoms with Crippen LogP contribution >= 0.6 is 23.8 Å². The van der Waals surface area contributed by atoms with E-state index in [0.29, 0.717) is 5.02 Å². The fourth-order valence-corrected chi connectivity index (χ4v) is 2.45. The Bertz CT molecular complexity index is 613. The van der Waals surface area contributed by atoms with Crippen molar-refractivity contribution in [2.24, 2.45) is 0 Å². The summed E-state index contributed by atoms with van der Waals surface area (Å²) < 4.78 is 0.869. The summed E-state index contributed by atoms with van der Waals surface area (Å²) in [4.78, 5) is 3.31. The first-order valence-corrected chi connectivity index (χ1v) is 5.84. The van der Waals surface area contributed by atoms with Crippen LogP contribution in [0, 0.1) is 11.4 Å². The van der Waals surface area contributed by atoms with Crippen LogP contribution < -0.4 is 0 Å². The molecule has 0 aliphatic carbocycles. The Morgan fingerprint density at radius 2 is 2.25 bits per heavy atom. The number of H-pyrrole nitrogens is 1. The van der Waals surface area contributed by atoms with E-state index in [0.717, 1.165) is 33.1 Å². The topological polar surface area (TPSA) is 15.8 Å². The van der Waals surface area contributed by atoms with Gasteiger partial charge in [-0.05, 0) is 25.0 Å². The zero-order chi connectivity index (χ0) is 11.7. The second-order valence-corrected chi connectivity index (χ2v) is 4.53. The monoisotopic (exact) mass is 249 g/mol. The molecule has 0 amide bonds. The Morgan fingerprint density at radius 3 is 2.94 bits per heavy atom. The van der Waals surface area contributed by atoms with Gasteiger partial charge in [0.1, 0.15) is 0 Å². The normalized spacial score (nSPS) is 10.6. The maximum Gasteiger partial charge on any atom is 0.0659 e. The van der Waals surface area contributed by atoms with E-state index in [9.17, 15) is 0 Å². The van der Waals surface area contributed by atoms with E-state index in [1.165, 1.54) is 0 Å². The Morgan fingerprint density at radius 1 is 1.50 bits per heavy atom. The highest BCUT2D eigenvalue weighted by molar-refractivity contribution is 7.71. The van der Waals surface area contributed by atoms with E-state index < -0.39 is 0 Å². The van der Waals surface area contributed by atoms with Crippen molar-refractivity contribution < 1.29 is 0 Å². The molecule has 0 aliphatic rings. The molecule has 0 aliphatic heterocycles. The molecule has 2 aromatic rings. The number of pyridine rings is 1. The van der Waals surface area contributed by atoms with Gasteiger partial charge in [-0.3, -0.25) is 0 Å². The smallest absolute Gasteiger partial charge is 0.0659 e. The molecule has 82 valence electrons. The molecule has 1 N–H and O–H groups in total. The van der Waals surface area contributed by atoms with Crippen molar-refractivity contribution in [3.05, 3.63) is 51.6 Å². The van der Waals surface area contributed by atoms with E-state index in [-0.39, 0.29) is 0 Å². The standard InChI is InChI=1S/C13H12ClNS/c1-3-5-9-8(2)15-12-10(13(9)16)6-4-7-11(12)14/h3-4,6-7H,1,5H2,2H3,(H,15,16). The van der Waals surface area contributed by atoms with Crippen LogP contribution in [0.5, 0.6) is 0 Å². The molecule has 0 radical (unpaired) electrons. The molecule has 1 aromatic carbocycles. The van der Waals surface area contributed by atoms with Crippen LogP contribution in [0.25, 0.3) is 10.9 Å². The van der Waals surface area contributed by atoms with Gasteiger partial charge in [-0.15, -0.1) is 6.58 Å². The van der Waals surface area contributed by atoms with Crippen LogP contribution in [0.15, 0.2) is 30.9 Å². The van der Waals surface area contributed by atoms with Crippen molar-refractivity contribution in [1.82, 2.24) is 4.98 Å². The van der Waals surface area contributed by atoms with Gasteiger partial charge in [-0.1, -0.05) is 42.0 Å². The Labute approximate surface area is 105 Å². The highest BCUT2D eigenvalue weighted by Gasteiger charge is 2.06. The zero-order valence-electron chi connectivity index (χ0n) is 9.01. The van der Waals surface area contributed by atoms with E-state index in [1.807, 2.05) is 31.2 Å². The number of hydrogen-bond acceptors (Lipinski definition) is 1. The summed E-state index contributed by atoms with van der Waals surface area (Å²) in [5.74, 6) is 0. The zero-order valence-corrected chi connectivity index (χ0v) is 10.6. The molecule has 0 fully saturated rings. The van der Waals surface area contributed by atoms with Crippen LogP contribution in [0.3, 0.4) is 0 Å². The lowest BCUT2D eigenvalue weighted by molar-refractivity contribution is 1.13. The minimum atomic E-state index is 0.705. The molecule has 0 spiro atoms. The van der Waals surface area contributed by atoms with Gasteiger partial charge in [0.15, 0.2) is 0 Å². The molecule has 2 rings (SSSR count). The fraction of sp³-hybridized carbons (Fsp3) is 0.154. The molecular weight excluding hydrogens is 238 g/mol. The summed E-state index contributed by atoms with van der Waals surface area (Å²) in [5, 5.41) is 1.71. The minimum Gasteiger partial charge on any atom is -0.357 e. The summed E-state index contributed by atoms with van der Waals surface area (Å²) in [6.07, 6.45) is 2.64.